The molecule has 0 N–H and O–H groups in total. The van der Waals surface area contributed by atoms with Gasteiger partial charge in [0.1, 0.15) is 5.92 Å². The normalized spacial score (nSPS) is 22.0. The maximum absolute atomic E-state index is 13.6. The number of rotatable bonds is 5. The molecule has 2 heterocycles. The average Bonchev–Trinajstić information content (AvgIpc) is 3.36. The van der Waals surface area contributed by atoms with Crippen molar-refractivity contribution in [2.75, 3.05) is 24.2 Å². The molecule has 2 fully saturated rings. The molecule has 0 radical (unpaired) electrons. The third kappa shape index (κ3) is 3.50. The number of methoxy groups -OCH3 is 2. The smallest absolute Gasteiger partial charge is 0.266 e. The molecule has 0 aliphatic carbocycles. The highest BCUT2D eigenvalue weighted by molar-refractivity contribution is 6.31. The average molecular weight is 465 g/mol. The van der Waals surface area contributed by atoms with E-state index in [0.717, 1.165) is 11.3 Å². The second kappa shape index (κ2) is 8.42. The van der Waals surface area contributed by atoms with Crippen molar-refractivity contribution in [3.05, 3.63) is 83.4 Å². The number of hydrogen-bond acceptors (Lipinski definition) is 6. The van der Waals surface area contributed by atoms with E-state index in [-0.39, 0.29) is 5.91 Å². The first-order valence-corrected chi connectivity index (χ1v) is 10.8. The minimum atomic E-state index is -0.952. The Balaban J connectivity index is 1.60. The lowest BCUT2D eigenvalue weighted by atomic mass is 9.90. The molecule has 0 aromatic heterocycles. The van der Waals surface area contributed by atoms with E-state index in [1.807, 2.05) is 42.5 Å². The Labute approximate surface area is 196 Å². The summed E-state index contributed by atoms with van der Waals surface area (Å²) in [5.41, 5.74) is 1.97. The molecule has 0 unspecified atom stereocenters. The van der Waals surface area contributed by atoms with Gasteiger partial charge in [-0.05, 0) is 54.1 Å². The molecule has 168 valence electrons. The summed E-state index contributed by atoms with van der Waals surface area (Å²) >= 11 is 5.99. The predicted molar refractivity (Wildman–Crippen MR) is 124 cm³/mol. The van der Waals surface area contributed by atoms with E-state index >= 15 is 0 Å². The van der Waals surface area contributed by atoms with Crippen molar-refractivity contribution in [3.63, 3.8) is 0 Å². The van der Waals surface area contributed by atoms with Crippen LogP contribution in [0.4, 0.5) is 11.4 Å². The van der Waals surface area contributed by atoms with Crippen LogP contribution in [0.3, 0.4) is 0 Å². The van der Waals surface area contributed by atoms with E-state index < -0.39 is 24.0 Å². The van der Waals surface area contributed by atoms with Gasteiger partial charge in [0.15, 0.2) is 17.6 Å². The van der Waals surface area contributed by atoms with Crippen LogP contribution in [0, 0.1) is 5.92 Å². The summed E-state index contributed by atoms with van der Waals surface area (Å²) in [5.74, 6) is -0.384. The van der Waals surface area contributed by atoms with Crippen molar-refractivity contribution in [1.82, 2.24) is 0 Å². The van der Waals surface area contributed by atoms with Gasteiger partial charge in [0.05, 0.1) is 31.6 Å². The van der Waals surface area contributed by atoms with E-state index in [0.29, 0.717) is 22.2 Å². The monoisotopic (exact) mass is 464 g/mol. The van der Waals surface area contributed by atoms with Gasteiger partial charge in [-0.3, -0.25) is 14.4 Å². The number of carbonyl (C=O) groups is 2. The summed E-state index contributed by atoms with van der Waals surface area (Å²) in [5, 5.41) is 2.17. The molecule has 8 heteroatoms. The van der Waals surface area contributed by atoms with Crippen LogP contribution in [0.2, 0.25) is 5.02 Å². The predicted octanol–water partition coefficient (Wildman–Crippen LogP) is 4.41. The molecule has 3 aromatic rings. The highest BCUT2D eigenvalue weighted by Crippen LogP contribution is 2.48. The lowest BCUT2D eigenvalue weighted by Gasteiger charge is -2.29. The van der Waals surface area contributed by atoms with Gasteiger partial charge in [-0.1, -0.05) is 35.9 Å². The molecule has 0 spiro atoms. The fourth-order valence-electron chi connectivity index (χ4n) is 4.43. The lowest BCUT2D eigenvalue weighted by Crippen LogP contribution is -2.37. The highest BCUT2D eigenvalue weighted by atomic mass is 35.5. The van der Waals surface area contributed by atoms with Gasteiger partial charge >= 0.3 is 0 Å². The van der Waals surface area contributed by atoms with E-state index in [4.69, 9.17) is 25.9 Å². The van der Waals surface area contributed by atoms with Crippen LogP contribution in [-0.4, -0.2) is 32.1 Å². The first kappa shape index (κ1) is 21.3. The van der Waals surface area contributed by atoms with E-state index in [2.05, 4.69) is 0 Å². The molecule has 3 atom stereocenters. The van der Waals surface area contributed by atoms with Crippen LogP contribution in [0.1, 0.15) is 11.6 Å². The standard InChI is InChI=1S/C25H21ClN2O5/c1-31-19-13-8-15(14-20(19)32-2)22-21-23(33-28(22)18-6-4-3-5-7-18)25(30)27(24(21)29)17-11-9-16(26)10-12-17/h3-14,21-23H,1-2H3/t21-,22-,23-/m0/s1. The molecule has 2 aliphatic rings. The minimum absolute atomic E-state index is 0.328. The minimum Gasteiger partial charge on any atom is -0.493 e. The van der Waals surface area contributed by atoms with Crippen LogP contribution < -0.4 is 19.4 Å². The summed E-state index contributed by atoms with van der Waals surface area (Å²) in [6.07, 6.45) is -0.952. The highest BCUT2D eigenvalue weighted by Gasteiger charge is 2.60. The quantitative estimate of drug-likeness (QED) is 0.521. The number of halogens is 1. The molecular formula is C25H21ClN2O5. The van der Waals surface area contributed by atoms with Gasteiger partial charge in [0.25, 0.3) is 5.91 Å². The number of nitrogens with zero attached hydrogens (tertiary/aromatic N) is 2. The number of imide groups is 1. The van der Waals surface area contributed by atoms with Gasteiger partial charge in [0, 0.05) is 5.02 Å². The van der Waals surface area contributed by atoms with Gasteiger partial charge in [-0.2, -0.15) is 0 Å². The van der Waals surface area contributed by atoms with Crippen LogP contribution in [-0.2, 0) is 14.4 Å². The summed E-state index contributed by atoms with van der Waals surface area (Å²) in [6, 6.07) is 20.9. The first-order valence-electron chi connectivity index (χ1n) is 10.4. The van der Waals surface area contributed by atoms with Crippen molar-refractivity contribution >= 4 is 34.8 Å². The number of amides is 2. The third-order valence-electron chi connectivity index (χ3n) is 5.96. The largest absolute Gasteiger partial charge is 0.493 e. The molecule has 7 nitrogen and oxygen atoms in total. The lowest BCUT2D eigenvalue weighted by molar-refractivity contribution is -0.126. The van der Waals surface area contributed by atoms with Gasteiger partial charge in [-0.25, -0.2) is 9.96 Å². The first-order chi connectivity index (χ1) is 16.0. The van der Waals surface area contributed by atoms with Gasteiger partial charge in [-0.15, -0.1) is 0 Å². The van der Waals surface area contributed by atoms with E-state index in [9.17, 15) is 9.59 Å². The van der Waals surface area contributed by atoms with Crippen LogP contribution >= 0.6 is 11.6 Å². The zero-order valence-corrected chi connectivity index (χ0v) is 18.7. The fourth-order valence-corrected chi connectivity index (χ4v) is 4.56. The molecule has 0 saturated carbocycles. The number of fused-ring (bicyclic) bond motifs is 1. The number of ether oxygens (including phenoxy) is 2. The van der Waals surface area contributed by atoms with Crippen LogP contribution in [0.25, 0.3) is 0 Å². The summed E-state index contributed by atoms with van der Waals surface area (Å²) in [6.45, 7) is 0. The van der Waals surface area contributed by atoms with E-state index in [1.54, 1.807) is 49.6 Å². The molecule has 5 rings (SSSR count). The van der Waals surface area contributed by atoms with Crippen molar-refractivity contribution in [2.24, 2.45) is 5.92 Å². The maximum Gasteiger partial charge on any atom is 0.266 e. The van der Waals surface area contributed by atoms with Crippen LogP contribution in [0.15, 0.2) is 72.8 Å². The number of anilines is 2. The topological polar surface area (TPSA) is 68.3 Å². The SMILES string of the molecule is COc1ccc([C@H]2[C@@H]3C(=O)N(c4ccc(Cl)cc4)C(=O)[C@H]3ON2c2ccccc2)cc1OC. The van der Waals surface area contributed by atoms with Crippen molar-refractivity contribution in [1.29, 1.82) is 0 Å². The fraction of sp³-hybridized carbons (Fsp3) is 0.200. The molecule has 33 heavy (non-hydrogen) atoms. The Kier molecular flexibility index (Phi) is 5.44. The number of carbonyl (C=O) groups excluding carboxylic acids is 2. The number of hydrogen-bond donors (Lipinski definition) is 0. The van der Waals surface area contributed by atoms with Crippen molar-refractivity contribution < 1.29 is 23.9 Å². The van der Waals surface area contributed by atoms with E-state index in [1.165, 1.54) is 4.90 Å². The summed E-state index contributed by atoms with van der Waals surface area (Å²) in [4.78, 5) is 34.3. The van der Waals surface area contributed by atoms with Crippen LogP contribution in [0.5, 0.6) is 11.5 Å². The molecule has 3 aromatic carbocycles. The summed E-state index contributed by atoms with van der Waals surface area (Å²) < 4.78 is 10.8. The molecule has 2 aliphatic heterocycles. The zero-order chi connectivity index (χ0) is 23.1. The Morgan fingerprint density at radius 3 is 2.18 bits per heavy atom. The third-order valence-corrected chi connectivity index (χ3v) is 6.21. The van der Waals surface area contributed by atoms with Gasteiger partial charge < -0.3 is 9.47 Å². The van der Waals surface area contributed by atoms with Crippen molar-refractivity contribution in [3.8, 4) is 11.5 Å². The summed E-state index contributed by atoms with van der Waals surface area (Å²) in [7, 11) is 3.11. The Morgan fingerprint density at radius 2 is 1.52 bits per heavy atom. The number of benzene rings is 3. The second-order valence-electron chi connectivity index (χ2n) is 7.76. The maximum atomic E-state index is 13.6. The zero-order valence-electron chi connectivity index (χ0n) is 18.0. The Bertz CT molecular complexity index is 1200. The number of para-hydroxylation sites is 1. The molecule has 2 amide bonds. The number of hydroxylamine groups is 1. The second-order valence-corrected chi connectivity index (χ2v) is 8.20. The Hall–Kier alpha value is -3.55. The van der Waals surface area contributed by atoms with Crippen molar-refractivity contribution in [2.45, 2.75) is 12.1 Å². The van der Waals surface area contributed by atoms with Gasteiger partial charge in [0.2, 0.25) is 5.91 Å². The molecule has 2 saturated heterocycles. The molecular weight excluding hydrogens is 444 g/mol. The Morgan fingerprint density at radius 1 is 0.818 bits per heavy atom. The molecule has 0 bridgehead atoms.